The van der Waals surface area contributed by atoms with Gasteiger partial charge in [-0.1, -0.05) is 67.6 Å². The predicted octanol–water partition coefficient (Wildman–Crippen LogP) is 3.57. The molecule has 0 N–H and O–H groups in total. The summed E-state index contributed by atoms with van der Waals surface area (Å²) in [7, 11) is 0. The first-order chi connectivity index (χ1) is 10.7. The summed E-state index contributed by atoms with van der Waals surface area (Å²) in [6, 6.07) is 19.0. The number of Topliss-reactive ketones (excluding diaryl/α,β-unsaturated/α-hetero) is 1. The molecule has 3 heteroatoms. The van der Waals surface area contributed by atoms with Crippen LogP contribution in [0.25, 0.3) is 0 Å². The Balaban J connectivity index is 2.02. The van der Waals surface area contributed by atoms with Gasteiger partial charge in [-0.3, -0.25) is 9.59 Å². The number of carbonyl (C=O) groups is 2. The highest BCUT2D eigenvalue weighted by atomic mass is 16.5. The number of esters is 1. The van der Waals surface area contributed by atoms with Gasteiger partial charge in [-0.25, -0.2) is 0 Å². The first-order valence-corrected chi connectivity index (χ1v) is 7.48. The third-order valence-electron chi connectivity index (χ3n) is 3.53. The first-order valence-electron chi connectivity index (χ1n) is 7.48. The van der Waals surface area contributed by atoms with Crippen LogP contribution in [0.4, 0.5) is 0 Å². The molecule has 22 heavy (non-hydrogen) atoms. The third-order valence-corrected chi connectivity index (χ3v) is 3.53. The smallest absolute Gasteiger partial charge is 0.317 e. The molecule has 0 aliphatic carbocycles. The number of hydrogen-bond acceptors (Lipinski definition) is 3. The molecule has 1 atom stereocenters. The summed E-state index contributed by atoms with van der Waals surface area (Å²) in [5.41, 5.74) is 1.88. The molecule has 3 nitrogen and oxygen atoms in total. The highest BCUT2D eigenvalue weighted by Crippen LogP contribution is 2.14. The number of rotatable bonds is 7. The van der Waals surface area contributed by atoms with E-state index in [1.807, 2.05) is 60.7 Å². The quantitative estimate of drug-likeness (QED) is 0.579. The van der Waals surface area contributed by atoms with Gasteiger partial charge in [0.1, 0.15) is 18.3 Å². The molecule has 0 amide bonds. The maximum absolute atomic E-state index is 12.3. The van der Waals surface area contributed by atoms with Crippen molar-refractivity contribution in [1.29, 1.82) is 0 Å². The lowest BCUT2D eigenvalue weighted by Crippen LogP contribution is -2.27. The molecule has 2 aromatic carbocycles. The Kier molecular flexibility index (Phi) is 5.90. The number of hydrogen-bond donors (Lipinski definition) is 0. The maximum Gasteiger partial charge on any atom is 0.317 e. The van der Waals surface area contributed by atoms with Crippen molar-refractivity contribution in [2.24, 2.45) is 5.92 Å². The van der Waals surface area contributed by atoms with Crippen molar-refractivity contribution in [3.63, 3.8) is 0 Å². The van der Waals surface area contributed by atoms with E-state index in [4.69, 9.17) is 4.74 Å². The van der Waals surface area contributed by atoms with Gasteiger partial charge in [0.2, 0.25) is 0 Å². The van der Waals surface area contributed by atoms with E-state index in [9.17, 15) is 9.59 Å². The second-order valence-electron chi connectivity index (χ2n) is 5.16. The minimum Gasteiger partial charge on any atom is -0.460 e. The molecule has 2 aromatic rings. The fourth-order valence-electron chi connectivity index (χ4n) is 2.25. The summed E-state index contributed by atoms with van der Waals surface area (Å²) in [4.78, 5) is 24.3. The van der Waals surface area contributed by atoms with E-state index in [0.717, 1.165) is 11.1 Å². The molecule has 0 aliphatic rings. The predicted molar refractivity (Wildman–Crippen MR) is 85.2 cm³/mol. The second kappa shape index (κ2) is 8.13. The van der Waals surface area contributed by atoms with Crippen LogP contribution in [0.3, 0.4) is 0 Å². The van der Waals surface area contributed by atoms with Crippen LogP contribution >= 0.6 is 0 Å². The first kappa shape index (κ1) is 16.0. The van der Waals surface area contributed by atoms with Gasteiger partial charge in [-0.05, 0) is 17.5 Å². The molecule has 114 valence electrons. The standard InChI is InChI=1S/C19H20O3/c1-2-18(20)17(13-15-9-5-3-6-10-15)19(21)22-14-16-11-7-4-8-12-16/h3-12,17H,2,13-14H2,1H3. The molecular weight excluding hydrogens is 276 g/mol. The molecule has 0 aliphatic heterocycles. The number of ether oxygens (including phenoxy) is 1. The van der Waals surface area contributed by atoms with Crippen LogP contribution in [0.15, 0.2) is 60.7 Å². The van der Waals surface area contributed by atoms with Gasteiger partial charge >= 0.3 is 5.97 Å². The van der Waals surface area contributed by atoms with Crippen LogP contribution in [0.2, 0.25) is 0 Å². The number of carbonyl (C=O) groups excluding carboxylic acids is 2. The molecule has 2 rings (SSSR count). The SMILES string of the molecule is CCC(=O)C(Cc1ccccc1)C(=O)OCc1ccccc1. The van der Waals surface area contributed by atoms with Crippen LogP contribution in [0.1, 0.15) is 24.5 Å². The average molecular weight is 296 g/mol. The molecule has 0 saturated heterocycles. The Morgan fingerprint density at radius 1 is 0.909 bits per heavy atom. The molecule has 1 unspecified atom stereocenters. The summed E-state index contributed by atoms with van der Waals surface area (Å²) < 4.78 is 5.33. The minimum atomic E-state index is -0.726. The molecule has 0 saturated carbocycles. The Morgan fingerprint density at radius 3 is 2.00 bits per heavy atom. The van der Waals surface area contributed by atoms with Crippen LogP contribution in [-0.4, -0.2) is 11.8 Å². The zero-order chi connectivity index (χ0) is 15.8. The van der Waals surface area contributed by atoms with E-state index < -0.39 is 11.9 Å². The summed E-state index contributed by atoms with van der Waals surface area (Å²) in [5.74, 6) is -1.25. The van der Waals surface area contributed by atoms with Gasteiger partial charge in [-0.2, -0.15) is 0 Å². The van der Waals surface area contributed by atoms with Crippen molar-refractivity contribution in [2.75, 3.05) is 0 Å². The lowest BCUT2D eigenvalue weighted by Gasteiger charge is -2.14. The zero-order valence-corrected chi connectivity index (χ0v) is 12.7. The second-order valence-corrected chi connectivity index (χ2v) is 5.16. The van der Waals surface area contributed by atoms with E-state index in [-0.39, 0.29) is 12.4 Å². The van der Waals surface area contributed by atoms with E-state index in [1.165, 1.54) is 0 Å². The molecule has 0 fully saturated rings. The zero-order valence-electron chi connectivity index (χ0n) is 12.7. The lowest BCUT2D eigenvalue weighted by atomic mass is 9.94. The number of ketones is 1. The lowest BCUT2D eigenvalue weighted by molar-refractivity contribution is -0.153. The summed E-state index contributed by atoms with van der Waals surface area (Å²) in [6.07, 6.45) is 0.721. The monoisotopic (exact) mass is 296 g/mol. The third kappa shape index (κ3) is 4.55. The normalized spacial score (nSPS) is 11.7. The van der Waals surface area contributed by atoms with Crippen molar-refractivity contribution in [2.45, 2.75) is 26.4 Å². The summed E-state index contributed by atoms with van der Waals surface area (Å²) in [5, 5.41) is 0. The van der Waals surface area contributed by atoms with Crippen LogP contribution in [0, 0.1) is 5.92 Å². The van der Waals surface area contributed by atoms with Crippen LogP contribution in [-0.2, 0) is 27.4 Å². The Morgan fingerprint density at radius 2 is 1.45 bits per heavy atom. The molecule has 0 heterocycles. The Bertz CT molecular complexity index is 605. The minimum absolute atomic E-state index is 0.0816. The molecule has 0 spiro atoms. The van der Waals surface area contributed by atoms with Crippen molar-refractivity contribution in [1.82, 2.24) is 0 Å². The van der Waals surface area contributed by atoms with E-state index in [1.54, 1.807) is 6.92 Å². The van der Waals surface area contributed by atoms with Gasteiger partial charge in [-0.15, -0.1) is 0 Å². The van der Waals surface area contributed by atoms with Gasteiger partial charge in [0, 0.05) is 6.42 Å². The van der Waals surface area contributed by atoms with Crippen LogP contribution in [0.5, 0.6) is 0 Å². The fraction of sp³-hybridized carbons (Fsp3) is 0.263. The van der Waals surface area contributed by atoms with Crippen molar-refractivity contribution in [3.05, 3.63) is 71.8 Å². The Labute approximate surface area is 130 Å². The van der Waals surface area contributed by atoms with Crippen molar-refractivity contribution >= 4 is 11.8 Å². The highest BCUT2D eigenvalue weighted by molar-refractivity contribution is 5.99. The summed E-state index contributed by atoms with van der Waals surface area (Å²) >= 11 is 0. The van der Waals surface area contributed by atoms with Crippen LogP contribution < -0.4 is 0 Å². The van der Waals surface area contributed by atoms with Gasteiger partial charge in [0.05, 0.1) is 0 Å². The molecule has 0 radical (unpaired) electrons. The Hall–Kier alpha value is -2.42. The van der Waals surface area contributed by atoms with Gasteiger partial charge in [0.25, 0.3) is 0 Å². The maximum atomic E-state index is 12.3. The summed E-state index contributed by atoms with van der Waals surface area (Å²) in [6.45, 7) is 1.97. The van der Waals surface area contributed by atoms with E-state index >= 15 is 0 Å². The van der Waals surface area contributed by atoms with E-state index in [2.05, 4.69) is 0 Å². The van der Waals surface area contributed by atoms with Crippen molar-refractivity contribution in [3.8, 4) is 0 Å². The van der Waals surface area contributed by atoms with Gasteiger partial charge < -0.3 is 4.74 Å². The molecular formula is C19H20O3. The fourth-order valence-corrected chi connectivity index (χ4v) is 2.25. The topological polar surface area (TPSA) is 43.4 Å². The largest absolute Gasteiger partial charge is 0.460 e. The van der Waals surface area contributed by atoms with E-state index in [0.29, 0.717) is 12.8 Å². The van der Waals surface area contributed by atoms with Gasteiger partial charge in [0.15, 0.2) is 0 Å². The average Bonchev–Trinajstić information content (AvgIpc) is 2.58. The molecule has 0 bridgehead atoms. The molecule has 0 aromatic heterocycles. The number of benzene rings is 2. The van der Waals surface area contributed by atoms with Crippen molar-refractivity contribution < 1.29 is 14.3 Å². The highest BCUT2D eigenvalue weighted by Gasteiger charge is 2.27.